The maximum absolute atomic E-state index is 11.8. The van der Waals surface area contributed by atoms with Crippen molar-refractivity contribution in [3.63, 3.8) is 0 Å². The molecule has 0 aliphatic heterocycles. The fourth-order valence-corrected chi connectivity index (χ4v) is 2.27. The van der Waals surface area contributed by atoms with E-state index < -0.39 is 6.04 Å². The number of benzene rings is 1. The van der Waals surface area contributed by atoms with Gasteiger partial charge in [-0.1, -0.05) is 44.2 Å². The fraction of sp³-hybridized carbons (Fsp3) is 0.500. The molecule has 1 aliphatic carbocycles. The highest BCUT2D eigenvalue weighted by Crippen LogP contribution is 2.40. The monoisotopic (exact) mass is 289 g/mol. The third-order valence-corrected chi connectivity index (χ3v) is 3.81. The van der Waals surface area contributed by atoms with Crippen LogP contribution in [0.25, 0.3) is 0 Å². The summed E-state index contributed by atoms with van der Waals surface area (Å²) in [4.78, 5) is 23.5. The van der Waals surface area contributed by atoms with Gasteiger partial charge in [-0.25, -0.2) is 0 Å². The van der Waals surface area contributed by atoms with Gasteiger partial charge in [0.25, 0.3) is 0 Å². The molecule has 1 saturated carbocycles. The predicted molar refractivity (Wildman–Crippen MR) is 81.6 cm³/mol. The first-order valence-corrected chi connectivity index (χ1v) is 7.36. The lowest BCUT2D eigenvalue weighted by molar-refractivity contribution is -0.127. The van der Waals surface area contributed by atoms with Crippen LogP contribution in [0.5, 0.6) is 0 Å². The smallest absolute Gasteiger partial charge is 0.239 e. The minimum atomic E-state index is -0.573. The van der Waals surface area contributed by atoms with E-state index in [1.165, 1.54) is 5.56 Å². The molecular formula is C16H23N3O2. The van der Waals surface area contributed by atoms with Crippen LogP contribution in [-0.2, 0) is 9.59 Å². The van der Waals surface area contributed by atoms with Crippen molar-refractivity contribution in [2.24, 2.45) is 11.7 Å². The average Bonchev–Trinajstić information content (AvgIpc) is 3.24. The molecule has 2 amide bonds. The number of amides is 2. The number of rotatable bonds is 6. The maximum atomic E-state index is 11.8. The Kier molecular flexibility index (Phi) is 4.96. The quantitative estimate of drug-likeness (QED) is 0.723. The first kappa shape index (κ1) is 15.5. The fourth-order valence-electron chi connectivity index (χ4n) is 2.27. The summed E-state index contributed by atoms with van der Waals surface area (Å²) in [6, 6.07) is 9.72. The molecule has 1 aromatic carbocycles. The summed E-state index contributed by atoms with van der Waals surface area (Å²) in [5, 5.41) is 5.51. The molecule has 1 aromatic rings. The van der Waals surface area contributed by atoms with Gasteiger partial charge in [0, 0.05) is 12.0 Å². The first-order valence-electron chi connectivity index (χ1n) is 7.36. The molecule has 2 rings (SSSR count). The number of nitrogens with two attached hydrogens (primary N) is 1. The van der Waals surface area contributed by atoms with Crippen LogP contribution in [0.1, 0.15) is 31.7 Å². The van der Waals surface area contributed by atoms with Crippen LogP contribution in [0.3, 0.4) is 0 Å². The molecule has 1 aliphatic rings. The van der Waals surface area contributed by atoms with Crippen molar-refractivity contribution in [1.82, 2.24) is 10.6 Å². The average molecular weight is 289 g/mol. The van der Waals surface area contributed by atoms with Gasteiger partial charge in [0.15, 0.2) is 0 Å². The molecule has 0 radical (unpaired) electrons. The normalized spacial score (nSPS) is 21.7. The molecule has 5 heteroatoms. The summed E-state index contributed by atoms with van der Waals surface area (Å²) in [7, 11) is 0. The van der Waals surface area contributed by atoms with Gasteiger partial charge in [0.2, 0.25) is 11.8 Å². The zero-order chi connectivity index (χ0) is 15.4. The number of carbonyl (C=O) groups is 2. The van der Waals surface area contributed by atoms with Crippen molar-refractivity contribution in [3.05, 3.63) is 35.9 Å². The van der Waals surface area contributed by atoms with Gasteiger partial charge in [-0.3, -0.25) is 9.59 Å². The Morgan fingerprint density at radius 2 is 1.95 bits per heavy atom. The lowest BCUT2D eigenvalue weighted by atomic mass is 10.1. The van der Waals surface area contributed by atoms with Gasteiger partial charge in [-0.15, -0.1) is 0 Å². The van der Waals surface area contributed by atoms with Crippen molar-refractivity contribution in [2.45, 2.75) is 38.3 Å². The van der Waals surface area contributed by atoms with Crippen LogP contribution in [0.4, 0.5) is 0 Å². The number of carbonyl (C=O) groups excluding carboxylic acids is 2. The molecule has 21 heavy (non-hydrogen) atoms. The van der Waals surface area contributed by atoms with E-state index in [-0.39, 0.29) is 30.3 Å². The van der Waals surface area contributed by atoms with E-state index in [0.717, 1.165) is 6.42 Å². The Balaban J connectivity index is 1.71. The molecule has 2 unspecified atom stereocenters. The van der Waals surface area contributed by atoms with Gasteiger partial charge in [0.1, 0.15) is 0 Å². The minimum Gasteiger partial charge on any atom is -0.351 e. The van der Waals surface area contributed by atoms with Gasteiger partial charge in [-0.2, -0.15) is 0 Å². The zero-order valence-corrected chi connectivity index (χ0v) is 12.5. The van der Waals surface area contributed by atoms with Crippen LogP contribution >= 0.6 is 0 Å². The second-order valence-electron chi connectivity index (χ2n) is 5.91. The van der Waals surface area contributed by atoms with E-state index >= 15 is 0 Å². The summed E-state index contributed by atoms with van der Waals surface area (Å²) in [6.45, 7) is 3.73. The summed E-state index contributed by atoms with van der Waals surface area (Å²) in [5.74, 6) is 0.000945. The lowest BCUT2D eigenvalue weighted by Crippen LogP contribution is -2.47. The van der Waals surface area contributed by atoms with Crippen LogP contribution < -0.4 is 16.4 Å². The van der Waals surface area contributed by atoms with E-state index in [1.54, 1.807) is 0 Å². The molecule has 5 nitrogen and oxygen atoms in total. The molecule has 0 bridgehead atoms. The topological polar surface area (TPSA) is 84.2 Å². The molecule has 1 fully saturated rings. The SMILES string of the molecule is CC(C)[C@H](N)C(=O)NCC(=O)NC1CC1c1ccccc1. The Hall–Kier alpha value is -1.88. The standard InChI is InChI=1S/C16H23N3O2/c1-10(2)15(17)16(21)18-9-14(20)19-13-8-12(13)11-6-4-3-5-7-11/h3-7,10,12-13,15H,8-9,17H2,1-2H3,(H,18,21)(H,19,20)/t12?,13?,15-/m0/s1. The lowest BCUT2D eigenvalue weighted by Gasteiger charge is -2.15. The summed E-state index contributed by atoms with van der Waals surface area (Å²) in [5.41, 5.74) is 6.96. The summed E-state index contributed by atoms with van der Waals surface area (Å²) in [6.07, 6.45) is 0.954. The van der Waals surface area contributed by atoms with Gasteiger partial charge in [-0.05, 0) is 17.9 Å². The molecule has 0 heterocycles. The van der Waals surface area contributed by atoms with Crippen molar-refractivity contribution in [2.75, 3.05) is 6.54 Å². The molecular weight excluding hydrogens is 266 g/mol. The van der Waals surface area contributed by atoms with E-state index in [1.807, 2.05) is 32.0 Å². The van der Waals surface area contributed by atoms with E-state index in [0.29, 0.717) is 5.92 Å². The van der Waals surface area contributed by atoms with Crippen molar-refractivity contribution >= 4 is 11.8 Å². The Morgan fingerprint density at radius 1 is 1.29 bits per heavy atom. The number of hydrogen-bond acceptors (Lipinski definition) is 3. The van der Waals surface area contributed by atoms with Gasteiger partial charge >= 0.3 is 0 Å². The zero-order valence-electron chi connectivity index (χ0n) is 12.5. The van der Waals surface area contributed by atoms with Crippen molar-refractivity contribution in [1.29, 1.82) is 0 Å². The second kappa shape index (κ2) is 6.72. The molecule has 0 saturated heterocycles. The molecule has 0 spiro atoms. The maximum Gasteiger partial charge on any atom is 0.239 e. The van der Waals surface area contributed by atoms with E-state index in [2.05, 4.69) is 22.8 Å². The molecule has 3 atom stereocenters. The third kappa shape index (κ3) is 4.29. The van der Waals surface area contributed by atoms with Crippen LogP contribution in [0.2, 0.25) is 0 Å². The van der Waals surface area contributed by atoms with E-state index in [4.69, 9.17) is 5.73 Å². The number of nitrogens with one attached hydrogen (secondary N) is 2. The highest BCUT2D eigenvalue weighted by atomic mass is 16.2. The summed E-state index contributed by atoms with van der Waals surface area (Å²) >= 11 is 0. The predicted octanol–water partition coefficient (Wildman–Crippen LogP) is 0.758. The van der Waals surface area contributed by atoms with Crippen molar-refractivity contribution < 1.29 is 9.59 Å². The van der Waals surface area contributed by atoms with E-state index in [9.17, 15) is 9.59 Å². The first-order chi connectivity index (χ1) is 9.99. The Morgan fingerprint density at radius 3 is 2.57 bits per heavy atom. The van der Waals surface area contributed by atoms with Crippen LogP contribution in [0, 0.1) is 5.92 Å². The van der Waals surface area contributed by atoms with Crippen LogP contribution in [-0.4, -0.2) is 30.4 Å². The summed E-state index contributed by atoms with van der Waals surface area (Å²) < 4.78 is 0. The molecule has 114 valence electrons. The second-order valence-corrected chi connectivity index (χ2v) is 5.91. The highest BCUT2D eigenvalue weighted by molar-refractivity contribution is 5.87. The molecule has 0 aromatic heterocycles. The highest BCUT2D eigenvalue weighted by Gasteiger charge is 2.39. The Labute approximate surface area is 125 Å². The van der Waals surface area contributed by atoms with Gasteiger partial charge in [0.05, 0.1) is 12.6 Å². The largest absolute Gasteiger partial charge is 0.351 e. The van der Waals surface area contributed by atoms with Gasteiger partial charge < -0.3 is 16.4 Å². The Bertz CT molecular complexity index is 502. The van der Waals surface area contributed by atoms with Crippen molar-refractivity contribution in [3.8, 4) is 0 Å². The molecule has 4 N–H and O–H groups in total. The number of hydrogen-bond donors (Lipinski definition) is 3. The van der Waals surface area contributed by atoms with Crippen LogP contribution in [0.15, 0.2) is 30.3 Å². The minimum absolute atomic E-state index is 0.0166. The third-order valence-electron chi connectivity index (χ3n) is 3.81.